The van der Waals surface area contributed by atoms with Crippen LogP contribution >= 0.6 is 0 Å². The summed E-state index contributed by atoms with van der Waals surface area (Å²) in [6, 6.07) is 0.669. The van der Waals surface area contributed by atoms with Gasteiger partial charge in [-0.3, -0.25) is 9.88 Å². The first-order valence-electron chi connectivity index (χ1n) is 7.58. The largest absolute Gasteiger partial charge is 0.369 e. The average molecular weight is 262 g/mol. The number of nitrogens with one attached hydrogen (secondary N) is 1. The van der Waals surface area contributed by atoms with Gasteiger partial charge in [-0.15, -0.1) is 0 Å². The number of hydrogen-bond donors (Lipinski definition) is 1. The maximum Gasteiger partial charge on any atom is 0.144 e. The van der Waals surface area contributed by atoms with Crippen molar-refractivity contribution in [3.05, 3.63) is 18.1 Å². The van der Waals surface area contributed by atoms with Crippen LogP contribution in [0.15, 0.2) is 12.4 Å². The van der Waals surface area contributed by atoms with Crippen LogP contribution in [0, 0.1) is 0 Å². The van der Waals surface area contributed by atoms with Crippen LogP contribution in [0.4, 0.5) is 5.82 Å². The van der Waals surface area contributed by atoms with Gasteiger partial charge in [0.15, 0.2) is 0 Å². The predicted octanol–water partition coefficient (Wildman–Crippen LogP) is 3.06. The van der Waals surface area contributed by atoms with Gasteiger partial charge in [-0.1, -0.05) is 19.8 Å². The third-order valence-electron chi connectivity index (χ3n) is 3.82. The van der Waals surface area contributed by atoms with Crippen LogP contribution in [0.1, 0.15) is 51.6 Å². The van der Waals surface area contributed by atoms with Crippen molar-refractivity contribution in [2.75, 3.05) is 18.4 Å². The first-order valence-corrected chi connectivity index (χ1v) is 7.58. The average Bonchev–Trinajstić information content (AvgIpc) is 2.63. The summed E-state index contributed by atoms with van der Waals surface area (Å²) in [5.74, 6) is 0.884. The van der Waals surface area contributed by atoms with Crippen LogP contribution in [0.5, 0.6) is 0 Å². The van der Waals surface area contributed by atoms with Crippen LogP contribution < -0.4 is 5.32 Å². The van der Waals surface area contributed by atoms with Gasteiger partial charge in [-0.25, -0.2) is 4.98 Å². The first kappa shape index (κ1) is 14.3. The van der Waals surface area contributed by atoms with Crippen LogP contribution in [-0.2, 0) is 6.54 Å². The minimum absolute atomic E-state index is 0.669. The van der Waals surface area contributed by atoms with E-state index in [9.17, 15) is 0 Å². The highest BCUT2D eigenvalue weighted by Gasteiger charge is 2.17. The highest BCUT2D eigenvalue weighted by molar-refractivity contribution is 5.30. The summed E-state index contributed by atoms with van der Waals surface area (Å²) >= 11 is 0. The molecule has 0 radical (unpaired) electrons. The molecule has 1 aromatic heterocycles. The van der Waals surface area contributed by atoms with Gasteiger partial charge < -0.3 is 5.32 Å². The molecule has 0 aliphatic carbocycles. The van der Waals surface area contributed by atoms with E-state index in [2.05, 4.69) is 34.0 Å². The molecule has 0 bridgehead atoms. The lowest BCUT2D eigenvalue weighted by molar-refractivity contribution is 0.202. The van der Waals surface area contributed by atoms with E-state index in [-0.39, 0.29) is 0 Å². The van der Waals surface area contributed by atoms with E-state index in [1.165, 1.54) is 32.2 Å². The molecule has 0 amide bonds. The monoisotopic (exact) mass is 262 g/mol. The normalized spacial score (nSPS) is 21.1. The molecule has 1 saturated heterocycles. The lowest BCUT2D eigenvalue weighted by atomic mass is 10.1. The van der Waals surface area contributed by atoms with Gasteiger partial charge in [-0.05, 0) is 32.7 Å². The Balaban J connectivity index is 1.90. The molecular formula is C15H26N4. The SMILES string of the molecule is CCCNc1cnc(CN2CCCCCC2C)cn1. The molecule has 2 heterocycles. The Hall–Kier alpha value is -1.16. The highest BCUT2D eigenvalue weighted by Crippen LogP contribution is 2.18. The summed E-state index contributed by atoms with van der Waals surface area (Å²) in [5, 5.41) is 3.26. The Morgan fingerprint density at radius 2 is 2.16 bits per heavy atom. The number of hydrogen-bond acceptors (Lipinski definition) is 4. The van der Waals surface area contributed by atoms with Crippen LogP contribution in [-0.4, -0.2) is 34.0 Å². The third kappa shape index (κ3) is 4.46. The van der Waals surface area contributed by atoms with Crippen molar-refractivity contribution in [3.8, 4) is 0 Å². The molecule has 1 aromatic rings. The van der Waals surface area contributed by atoms with Crippen molar-refractivity contribution in [2.45, 2.75) is 58.5 Å². The van der Waals surface area contributed by atoms with Crippen molar-refractivity contribution in [1.82, 2.24) is 14.9 Å². The van der Waals surface area contributed by atoms with Crippen LogP contribution in [0.2, 0.25) is 0 Å². The standard InChI is InChI=1S/C15H26N4/c1-3-8-16-15-11-17-14(10-18-15)12-19-9-6-4-5-7-13(19)2/h10-11,13H,3-9,12H2,1-2H3,(H,16,18). The lowest BCUT2D eigenvalue weighted by Crippen LogP contribution is -2.32. The van der Waals surface area contributed by atoms with Crippen molar-refractivity contribution in [3.63, 3.8) is 0 Å². The van der Waals surface area contributed by atoms with Gasteiger partial charge in [0.25, 0.3) is 0 Å². The molecule has 106 valence electrons. The van der Waals surface area contributed by atoms with Crippen LogP contribution in [0.3, 0.4) is 0 Å². The summed E-state index contributed by atoms with van der Waals surface area (Å²) in [6.07, 6.45) is 10.2. The molecule has 0 saturated carbocycles. The van der Waals surface area contributed by atoms with E-state index in [0.29, 0.717) is 6.04 Å². The van der Waals surface area contributed by atoms with Gasteiger partial charge in [0.1, 0.15) is 5.82 Å². The van der Waals surface area contributed by atoms with Gasteiger partial charge >= 0.3 is 0 Å². The Bertz CT molecular complexity index is 363. The lowest BCUT2D eigenvalue weighted by Gasteiger charge is -2.26. The second-order valence-corrected chi connectivity index (χ2v) is 5.49. The molecule has 19 heavy (non-hydrogen) atoms. The minimum Gasteiger partial charge on any atom is -0.369 e. The van der Waals surface area contributed by atoms with E-state index in [0.717, 1.165) is 31.0 Å². The smallest absolute Gasteiger partial charge is 0.144 e. The summed E-state index contributed by atoms with van der Waals surface area (Å²) < 4.78 is 0. The summed E-state index contributed by atoms with van der Waals surface area (Å²) in [6.45, 7) is 7.56. The van der Waals surface area contributed by atoms with E-state index >= 15 is 0 Å². The molecule has 0 spiro atoms. The number of aromatic nitrogens is 2. The summed E-state index contributed by atoms with van der Waals surface area (Å²) in [4.78, 5) is 11.5. The zero-order valence-corrected chi connectivity index (χ0v) is 12.2. The Morgan fingerprint density at radius 1 is 1.26 bits per heavy atom. The van der Waals surface area contributed by atoms with Gasteiger partial charge in [0.2, 0.25) is 0 Å². The Kier molecular flexibility index (Phi) is 5.58. The second kappa shape index (κ2) is 7.43. The molecule has 4 nitrogen and oxygen atoms in total. The van der Waals surface area contributed by atoms with Crippen molar-refractivity contribution >= 4 is 5.82 Å². The first-order chi connectivity index (χ1) is 9.29. The molecule has 1 atom stereocenters. The van der Waals surface area contributed by atoms with Crippen LogP contribution in [0.25, 0.3) is 0 Å². The fourth-order valence-corrected chi connectivity index (χ4v) is 2.56. The van der Waals surface area contributed by atoms with Gasteiger partial charge in [0, 0.05) is 19.1 Å². The zero-order chi connectivity index (χ0) is 13.5. The number of rotatable bonds is 5. The molecule has 2 rings (SSSR count). The van der Waals surface area contributed by atoms with E-state index in [1.54, 1.807) is 0 Å². The van der Waals surface area contributed by atoms with Crippen molar-refractivity contribution in [2.24, 2.45) is 0 Å². The van der Waals surface area contributed by atoms with Gasteiger partial charge in [0.05, 0.1) is 18.1 Å². The molecule has 1 unspecified atom stereocenters. The molecule has 4 heteroatoms. The molecule has 1 aliphatic heterocycles. The number of anilines is 1. The third-order valence-corrected chi connectivity index (χ3v) is 3.82. The fourth-order valence-electron chi connectivity index (χ4n) is 2.56. The Morgan fingerprint density at radius 3 is 2.89 bits per heavy atom. The quantitative estimate of drug-likeness (QED) is 0.885. The van der Waals surface area contributed by atoms with E-state index in [4.69, 9.17) is 0 Å². The highest BCUT2D eigenvalue weighted by atomic mass is 15.2. The maximum absolute atomic E-state index is 4.52. The maximum atomic E-state index is 4.52. The summed E-state index contributed by atoms with van der Waals surface area (Å²) in [7, 11) is 0. The van der Waals surface area contributed by atoms with E-state index < -0.39 is 0 Å². The summed E-state index contributed by atoms with van der Waals surface area (Å²) in [5.41, 5.74) is 1.08. The Labute approximate surface area is 116 Å². The van der Waals surface area contributed by atoms with E-state index in [1.807, 2.05) is 12.4 Å². The number of nitrogens with zero attached hydrogens (tertiary/aromatic N) is 3. The molecule has 1 fully saturated rings. The van der Waals surface area contributed by atoms with Gasteiger partial charge in [-0.2, -0.15) is 0 Å². The molecule has 1 aliphatic rings. The topological polar surface area (TPSA) is 41.1 Å². The predicted molar refractivity (Wildman–Crippen MR) is 79.2 cm³/mol. The fraction of sp³-hybridized carbons (Fsp3) is 0.733. The second-order valence-electron chi connectivity index (χ2n) is 5.49. The minimum atomic E-state index is 0.669. The van der Waals surface area contributed by atoms with Crippen molar-refractivity contribution < 1.29 is 0 Å². The van der Waals surface area contributed by atoms with Crippen molar-refractivity contribution in [1.29, 1.82) is 0 Å². The molecular weight excluding hydrogens is 236 g/mol. The number of likely N-dealkylation sites (tertiary alicyclic amines) is 1. The molecule has 0 aromatic carbocycles. The molecule has 1 N–H and O–H groups in total. The zero-order valence-electron chi connectivity index (χ0n) is 12.2.